The predicted molar refractivity (Wildman–Crippen MR) is 130 cm³/mol. The topological polar surface area (TPSA) is 151 Å². The molecule has 14 heteroatoms. The van der Waals surface area contributed by atoms with Gasteiger partial charge in [0.15, 0.2) is 0 Å². The molecular formula is C22H22FN9O3S. The number of H-pyrrole nitrogens is 1. The summed E-state index contributed by atoms with van der Waals surface area (Å²) in [7, 11) is -4.00. The number of halogens is 1. The molecule has 0 radical (unpaired) electrons. The van der Waals surface area contributed by atoms with E-state index in [4.69, 9.17) is 4.74 Å². The average Bonchev–Trinajstić information content (AvgIpc) is 3.40. The lowest BCUT2D eigenvalue weighted by Crippen LogP contribution is -2.37. The first kappa shape index (κ1) is 23.6. The monoisotopic (exact) mass is 511 g/mol. The zero-order valence-corrected chi connectivity index (χ0v) is 20.0. The fourth-order valence-corrected chi connectivity index (χ4v) is 4.71. The standard InChI is InChI=1S/C22H22FN9O3S/c1-14-12-20(26-22(24-14)32-8-10-35-11-9-32)25-15-2-4-16(5-3-15)29-36(33,34)17-6-7-19(23)18(13-17)21-27-30-31-28-21/h2-7,12-13,29H,8-11H2,1H3,(H,24,25,26)(H,27,28,30,31). The van der Waals surface area contributed by atoms with Gasteiger partial charge >= 0.3 is 0 Å². The molecule has 36 heavy (non-hydrogen) atoms. The van der Waals surface area contributed by atoms with Crippen LogP contribution in [-0.4, -0.2) is 65.3 Å². The number of aryl methyl sites for hydroxylation is 1. The van der Waals surface area contributed by atoms with Gasteiger partial charge in [-0.05, 0) is 54.6 Å². The van der Waals surface area contributed by atoms with Crippen molar-refractivity contribution in [2.24, 2.45) is 0 Å². The van der Waals surface area contributed by atoms with E-state index in [-0.39, 0.29) is 16.3 Å². The summed E-state index contributed by atoms with van der Waals surface area (Å²) < 4.78 is 47.8. The molecule has 2 aromatic carbocycles. The molecule has 0 saturated carbocycles. The van der Waals surface area contributed by atoms with Crippen LogP contribution in [-0.2, 0) is 14.8 Å². The first-order valence-electron chi connectivity index (χ1n) is 11.0. The average molecular weight is 512 g/mol. The van der Waals surface area contributed by atoms with Crippen molar-refractivity contribution in [2.45, 2.75) is 11.8 Å². The van der Waals surface area contributed by atoms with E-state index in [1.54, 1.807) is 24.3 Å². The number of hydrogen-bond acceptors (Lipinski definition) is 10. The fraction of sp³-hybridized carbons (Fsp3) is 0.227. The van der Waals surface area contributed by atoms with Crippen LogP contribution in [0.2, 0.25) is 0 Å². The van der Waals surface area contributed by atoms with Crippen molar-refractivity contribution in [3.63, 3.8) is 0 Å². The number of nitrogens with zero attached hydrogens (tertiary/aromatic N) is 6. The molecule has 1 aliphatic heterocycles. The smallest absolute Gasteiger partial charge is 0.261 e. The summed E-state index contributed by atoms with van der Waals surface area (Å²) in [6, 6.07) is 11.9. The lowest BCUT2D eigenvalue weighted by molar-refractivity contribution is 0.122. The van der Waals surface area contributed by atoms with E-state index in [2.05, 4.69) is 45.5 Å². The molecule has 2 aromatic heterocycles. The van der Waals surface area contributed by atoms with Gasteiger partial charge in [-0.2, -0.15) is 10.2 Å². The van der Waals surface area contributed by atoms with E-state index >= 15 is 0 Å². The molecule has 0 unspecified atom stereocenters. The van der Waals surface area contributed by atoms with Gasteiger partial charge in [0.2, 0.25) is 11.8 Å². The van der Waals surface area contributed by atoms with Crippen LogP contribution in [0.5, 0.6) is 0 Å². The number of anilines is 4. The number of sulfonamides is 1. The van der Waals surface area contributed by atoms with Crippen LogP contribution in [0.4, 0.5) is 27.5 Å². The second-order valence-electron chi connectivity index (χ2n) is 7.98. The Morgan fingerprint density at radius 1 is 1.03 bits per heavy atom. The van der Waals surface area contributed by atoms with Gasteiger partial charge in [-0.25, -0.2) is 17.8 Å². The summed E-state index contributed by atoms with van der Waals surface area (Å²) in [6.07, 6.45) is 0. The summed E-state index contributed by atoms with van der Waals surface area (Å²) >= 11 is 0. The maximum atomic E-state index is 14.2. The highest BCUT2D eigenvalue weighted by atomic mass is 32.2. The Morgan fingerprint density at radius 2 is 1.78 bits per heavy atom. The van der Waals surface area contributed by atoms with Gasteiger partial charge < -0.3 is 15.0 Å². The molecule has 0 bridgehead atoms. The van der Waals surface area contributed by atoms with Crippen LogP contribution in [0.15, 0.2) is 53.4 Å². The minimum absolute atomic E-state index is 0.0447. The molecule has 3 N–H and O–H groups in total. The molecule has 1 aliphatic rings. The van der Waals surface area contributed by atoms with Gasteiger partial charge in [0, 0.05) is 36.2 Å². The van der Waals surface area contributed by atoms with Crippen LogP contribution in [0.3, 0.4) is 0 Å². The number of aromatic amines is 1. The second kappa shape index (κ2) is 9.83. The molecule has 4 aromatic rings. The minimum Gasteiger partial charge on any atom is -0.378 e. The third-order valence-corrected chi connectivity index (χ3v) is 6.76. The van der Waals surface area contributed by atoms with E-state index in [0.717, 1.165) is 30.9 Å². The van der Waals surface area contributed by atoms with Gasteiger partial charge in [0.25, 0.3) is 10.0 Å². The number of ether oxygens (including phenoxy) is 1. The lowest BCUT2D eigenvalue weighted by Gasteiger charge is -2.27. The highest BCUT2D eigenvalue weighted by molar-refractivity contribution is 7.92. The van der Waals surface area contributed by atoms with Crippen LogP contribution < -0.4 is 14.9 Å². The minimum atomic E-state index is -4.00. The summed E-state index contributed by atoms with van der Waals surface area (Å²) in [5.74, 6) is 0.543. The molecule has 0 atom stereocenters. The van der Waals surface area contributed by atoms with Gasteiger partial charge in [-0.1, -0.05) is 0 Å². The Labute approximate surface area is 206 Å². The summed E-state index contributed by atoms with van der Waals surface area (Å²) in [5.41, 5.74) is 1.78. The largest absolute Gasteiger partial charge is 0.378 e. The number of morpholine rings is 1. The Bertz CT molecular complexity index is 1460. The van der Waals surface area contributed by atoms with Crippen molar-refractivity contribution in [1.82, 2.24) is 30.6 Å². The fourth-order valence-electron chi connectivity index (χ4n) is 3.62. The SMILES string of the molecule is Cc1cc(Nc2ccc(NS(=O)(=O)c3ccc(F)c(-c4nn[nH]n4)c3)cc2)nc(N2CCOCC2)n1. The molecular weight excluding hydrogens is 489 g/mol. The number of hydrogen-bond donors (Lipinski definition) is 3. The van der Waals surface area contributed by atoms with E-state index in [9.17, 15) is 12.8 Å². The third-order valence-electron chi connectivity index (χ3n) is 5.38. The third kappa shape index (κ3) is 5.23. The molecule has 5 rings (SSSR count). The quantitative estimate of drug-likeness (QED) is 0.337. The van der Waals surface area contributed by atoms with Crippen LogP contribution in [0.25, 0.3) is 11.4 Å². The van der Waals surface area contributed by atoms with Crippen molar-refractivity contribution in [2.75, 3.05) is 41.2 Å². The molecule has 3 heterocycles. The second-order valence-corrected chi connectivity index (χ2v) is 9.66. The Morgan fingerprint density at radius 3 is 2.50 bits per heavy atom. The maximum absolute atomic E-state index is 14.2. The van der Waals surface area contributed by atoms with Crippen molar-refractivity contribution in [3.05, 3.63) is 60.0 Å². The predicted octanol–water partition coefficient (Wildman–Crippen LogP) is 2.49. The van der Waals surface area contributed by atoms with Crippen LogP contribution in [0.1, 0.15) is 5.69 Å². The highest BCUT2D eigenvalue weighted by Gasteiger charge is 2.19. The maximum Gasteiger partial charge on any atom is 0.261 e. The number of aromatic nitrogens is 6. The van der Waals surface area contributed by atoms with E-state index in [1.807, 2.05) is 13.0 Å². The molecule has 0 aliphatic carbocycles. The summed E-state index contributed by atoms with van der Waals surface area (Å²) in [4.78, 5) is 11.0. The lowest BCUT2D eigenvalue weighted by atomic mass is 10.2. The molecule has 1 saturated heterocycles. The van der Waals surface area contributed by atoms with Crippen molar-refractivity contribution < 1.29 is 17.5 Å². The number of tetrazole rings is 1. The van der Waals surface area contributed by atoms with Crippen molar-refractivity contribution in [3.8, 4) is 11.4 Å². The molecule has 0 amide bonds. The van der Waals surface area contributed by atoms with Gasteiger partial charge in [-0.3, -0.25) is 4.72 Å². The van der Waals surface area contributed by atoms with E-state index in [1.165, 1.54) is 6.07 Å². The zero-order valence-electron chi connectivity index (χ0n) is 19.1. The molecule has 0 spiro atoms. The van der Waals surface area contributed by atoms with Gasteiger partial charge in [-0.15, -0.1) is 10.2 Å². The summed E-state index contributed by atoms with van der Waals surface area (Å²) in [6.45, 7) is 4.61. The van der Waals surface area contributed by atoms with E-state index < -0.39 is 15.8 Å². The molecule has 1 fully saturated rings. The normalized spacial score (nSPS) is 14.0. The molecule has 186 valence electrons. The Balaban J connectivity index is 1.30. The Hall–Kier alpha value is -4.17. The van der Waals surface area contributed by atoms with Crippen LogP contribution >= 0.6 is 0 Å². The van der Waals surface area contributed by atoms with Crippen molar-refractivity contribution in [1.29, 1.82) is 0 Å². The highest BCUT2D eigenvalue weighted by Crippen LogP contribution is 2.25. The van der Waals surface area contributed by atoms with Gasteiger partial charge in [0.05, 0.1) is 23.7 Å². The summed E-state index contributed by atoms with van der Waals surface area (Å²) in [5, 5.41) is 16.2. The van der Waals surface area contributed by atoms with Crippen LogP contribution in [0, 0.1) is 12.7 Å². The number of rotatable bonds is 7. The first-order valence-corrected chi connectivity index (χ1v) is 12.5. The number of nitrogens with one attached hydrogen (secondary N) is 3. The zero-order chi connectivity index (χ0) is 25.1. The molecule has 12 nitrogen and oxygen atoms in total. The van der Waals surface area contributed by atoms with Gasteiger partial charge in [0.1, 0.15) is 11.6 Å². The number of benzene rings is 2. The van der Waals surface area contributed by atoms with E-state index in [0.29, 0.717) is 36.4 Å². The first-order chi connectivity index (χ1) is 17.4. The Kier molecular flexibility index (Phi) is 6.43. The van der Waals surface area contributed by atoms with Crippen molar-refractivity contribution >= 4 is 33.2 Å².